The summed E-state index contributed by atoms with van der Waals surface area (Å²) in [5.74, 6) is -0.0113. The summed E-state index contributed by atoms with van der Waals surface area (Å²) in [6.45, 7) is 1.73. The average molecular weight is 263 g/mol. The van der Waals surface area contributed by atoms with Gasteiger partial charge in [-0.2, -0.15) is 0 Å². The van der Waals surface area contributed by atoms with Gasteiger partial charge >= 0.3 is 0 Å². The van der Waals surface area contributed by atoms with Gasteiger partial charge in [0.05, 0.1) is 12.1 Å². The van der Waals surface area contributed by atoms with Crippen molar-refractivity contribution in [1.82, 2.24) is 4.90 Å². The molecule has 1 fully saturated rings. The molecule has 2 N–H and O–H groups in total. The highest BCUT2D eigenvalue weighted by atomic mass is 16.3. The Morgan fingerprint density at radius 2 is 2.00 bits per heavy atom. The van der Waals surface area contributed by atoms with Crippen LogP contribution in [-0.4, -0.2) is 40.2 Å². The molecule has 1 aromatic carbocycles. The third-order valence-corrected chi connectivity index (χ3v) is 4.05. The number of aliphatic hydroxyl groups excluding tert-OH is 1. The van der Waals surface area contributed by atoms with E-state index in [2.05, 4.69) is 0 Å². The van der Waals surface area contributed by atoms with Crippen molar-refractivity contribution in [1.29, 1.82) is 0 Å². The molecule has 104 valence electrons. The molecule has 2 rings (SSSR count). The number of hydrogen-bond donors (Lipinski definition) is 2. The first-order chi connectivity index (χ1) is 9.02. The molecule has 0 heterocycles. The smallest absolute Gasteiger partial charge is 0.254 e. The maximum atomic E-state index is 12.5. The van der Waals surface area contributed by atoms with Gasteiger partial charge in [-0.25, -0.2) is 0 Å². The highest BCUT2D eigenvalue weighted by Gasteiger charge is 2.30. The van der Waals surface area contributed by atoms with E-state index in [4.69, 9.17) is 0 Å². The Morgan fingerprint density at radius 1 is 1.32 bits per heavy atom. The van der Waals surface area contributed by atoms with Gasteiger partial charge in [0, 0.05) is 18.2 Å². The fourth-order valence-electron chi connectivity index (χ4n) is 2.74. The summed E-state index contributed by atoms with van der Waals surface area (Å²) >= 11 is 0. The van der Waals surface area contributed by atoms with Crippen LogP contribution in [0.2, 0.25) is 0 Å². The van der Waals surface area contributed by atoms with Gasteiger partial charge in [-0.15, -0.1) is 0 Å². The first kappa shape index (κ1) is 13.9. The van der Waals surface area contributed by atoms with Crippen molar-refractivity contribution in [2.75, 3.05) is 7.05 Å². The maximum Gasteiger partial charge on any atom is 0.254 e. The lowest BCUT2D eigenvalue weighted by Crippen LogP contribution is -2.46. The van der Waals surface area contributed by atoms with E-state index in [1.165, 1.54) is 0 Å². The quantitative estimate of drug-likeness (QED) is 0.858. The van der Waals surface area contributed by atoms with Crippen LogP contribution in [0, 0.1) is 6.92 Å². The van der Waals surface area contributed by atoms with Crippen molar-refractivity contribution in [3.63, 3.8) is 0 Å². The second-order valence-corrected chi connectivity index (χ2v) is 5.28. The first-order valence-electron chi connectivity index (χ1n) is 6.76. The Labute approximate surface area is 113 Å². The number of phenols is 1. The third-order valence-electron chi connectivity index (χ3n) is 4.05. The number of benzene rings is 1. The Hall–Kier alpha value is -1.55. The lowest BCUT2D eigenvalue weighted by Gasteiger charge is -2.35. The topological polar surface area (TPSA) is 60.8 Å². The Balaban J connectivity index is 2.21. The molecule has 2 atom stereocenters. The second-order valence-electron chi connectivity index (χ2n) is 5.28. The minimum absolute atomic E-state index is 0.122. The molecule has 0 spiro atoms. The zero-order valence-corrected chi connectivity index (χ0v) is 11.5. The number of amides is 1. The lowest BCUT2D eigenvalue weighted by atomic mass is 9.91. The van der Waals surface area contributed by atoms with Crippen LogP contribution in [0.25, 0.3) is 0 Å². The molecule has 0 radical (unpaired) electrons. The number of carbonyl (C=O) groups excluding carboxylic acids is 1. The molecule has 4 nitrogen and oxygen atoms in total. The van der Waals surface area contributed by atoms with Crippen LogP contribution in [0.1, 0.15) is 41.6 Å². The van der Waals surface area contributed by atoms with Crippen LogP contribution < -0.4 is 0 Å². The molecule has 1 saturated carbocycles. The number of likely N-dealkylation sites (N-methyl/N-ethyl adjacent to an activating group) is 1. The van der Waals surface area contributed by atoms with E-state index in [9.17, 15) is 15.0 Å². The zero-order valence-electron chi connectivity index (χ0n) is 11.5. The summed E-state index contributed by atoms with van der Waals surface area (Å²) in [4.78, 5) is 14.1. The molecule has 0 bridgehead atoms. The zero-order chi connectivity index (χ0) is 14.0. The van der Waals surface area contributed by atoms with Crippen molar-refractivity contribution in [2.24, 2.45) is 0 Å². The van der Waals surface area contributed by atoms with Crippen LogP contribution >= 0.6 is 0 Å². The SMILES string of the molecule is Cc1c(O)cccc1C(=O)N(C)C1CCCCC1O. The summed E-state index contributed by atoms with van der Waals surface area (Å²) < 4.78 is 0. The summed E-state index contributed by atoms with van der Waals surface area (Å²) in [6.07, 6.45) is 3.20. The molecule has 4 heteroatoms. The Morgan fingerprint density at radius 3 is 2.68 bits per heavy atom. The number of aliphatic hydroxyl groups is 1. The number of carbonyl (C=O) groups is 1. The molecule has 2 unspecified atom stereocenters. The van der Waals surface area contributed by atoms with Gasteiger partial charge in [-0.1, -0.05) is 18.9 Å². The van der Waals surface area contributed by atoms with Crippen molar-refractivity contribution in [3.8, 4) is 5.75 Å². The standard InChI is InChI=1S/C15H21NO3/c1-10-11(6-5-9-13(10)17)15(19)16(2)12-7-3-4-8-14(12)18/h5-6,9,12,14,17-18H,3-4,7-8H2,1-2H3. The van der Waals surface area contributed by atoms with Crippen molar-refractivity contribution < 1.29 is 15.0 Å². The van der Waals surface area contributed by atoms with Crippen LogP contribution in [0.4, 0.5) is 0 Å². The van der Waals surface area contributed by atoms with Gasteiger partial charge in [0.2, 0.25) is 0 Å². The highest BCUT2D eigenvalue weighted by Crippen LogP contribution is 2.26. The van der Waals surface area contributed by atoms with E-state index in [1.807, 2.05) is 0 Å². The summed E-state index contributed by atoms with van der Waals surface area (Å²) in [7, 11) is 1.73. The predicted molar refractivity (Wildman–Crippen MR) is 73.2 cm³/mol. The minimum atomic E-state index is -0.444. The molecular formula is C15H21NO3. The predicted octanol–water partition coefficient (Wildman–Crippen LogP) is 2.08. The van der Waals surface area contributed by atoms with Gasteiger partial charge in [0.1, 0.15) is 5.75 Å². The number of hydrogen-bond acceptors (Lipinski definition) is 3. The van der Waals surface area contributed by atoms with E-state index in [1.54, 1.807) is 37.1 Å². The summed E-state index contributed by atoms with van der Waals surface area (Å²) in [5.41, 5.74) is 1.09. The summed E-state index contributed by atoms with van der Waals surface area (Å²) in [6, 6.07) is 4.83. The van der Waals surface area contributed by atoms with E-state index < -0.39 is 6.10 Å². The van der Waals surface area contributed by atoms with Crippen molar-refractivity contribution in [3.05, 3.63) is 29.3 Å². The second kappa shape index (κ2) is 5.61. The van der Waals surface area contributed by atoms with E-state index in [0.29, 0.717) is 11.1 Å². The first-order valence-corrected chi connectivity index (χ1v) is 6.76. The molecule has 19 heavy (non-hydrogen) atoms. The Bertz CT molecular complexity index is 472. The molecule has 1 aromatic rings. The monoisotopic (exact) mass is 263 g/mol. The molecule has 1 aliphatic rings. The van der Waals surface area contributed by atoms with Gasteiger partial charge in [-0.05, 0) is 31.9 Å². The Kier molecular flexibility index (Phi) is 4.10. The maximum absolute atomic E-state index is 12.5. The number of aromatic hydroxyl groups is 1. The van der Waals surface area contributed by atoms with Crippen LogP contribution in [0.15, 0.2) is 18.2 Å². The van der Waals surface area contributed by atoms with E-state index >= 15 is 0 Å². The highest BCUT2D eigenvalue weighted by molar-refractivity contribution is 5.96. The number of nitrogens with zero attached hydrogens (tertiary/aromatic N) is 1. The fraction of sp³-hybridized carbons (Fsp3) is 0.533. The lowest BCUT2D eigenvalue weighted by molar-refractivity contribution is 0.0267. The van der Waals surface area contributed by atoms with Gasteiger partial charge < -0.3 is 15.1 Å². The normalized spacial score (nSPS) is 23.1. The molecule has 0 aliphatic heterocycles. The van der Waals surface area contributed by atoms with E-state index in [0.717, 1.165) is 25.7 Å². The summed E-state index contributed by atoms with van der Waals surface area (Å²) in [5, 5.41) is 19.7. The van der Waals surface area contributed by atoms with Gasteiger partial charge in [0.25, 0.3) is 5.91 Å². The third kappa shape index (κ3) is 2.73. The van der Waals surface area contributed by atoms with Gasteiger partial charge in [-0.3, -0.25) is 4.79 Å². The van der Waals surface area contributed by atoms with Crippen molar-refractivity contribution >= 4 is 5.91 Å². The molecule has 0 saturated heterocycles. The molecule has 1 amide bonds. The van der Waals surface area contributed by atoms with Crippen LogP contribution in [0.3, 0.4) is 0 Å². The fourth-order valence-corrected chi connectivity index (χ4v) is 2.74. The number of rotatable bonds is 2. The van der Waals surface area contributed by atoms with Crippen LogP contribution in [-0.2, 0) is 0 Å². The molecule has 0 aromatic heterocycles. The van der Waals surface area contributed by atoms with Crippen molar-refractivity contribution in [2.45, 2.75) is 44.8 Å². The van der Waals surface area contributed by atoms with Gasteiger partial charge in [0.15, 0.2) is 0 Å². The molecular weight excluding hydrogens is 242 g/mol. The molecule has 1 aliphatic carbocycles. The number of phenolic OH excluding ortho intramolecular Hbond substituents is 1. The van der Waals surface area contributed by atoms with E-state index in [-0.39, 0.29) is 17.7 Å². The average Bonchev–Trinajstić information content (AvgIpc) is 2.41. The van der Waals surface area contributed by atoms with Crippen LogP contribution in [0.5, 0.6) is 5.75 Å². The largest absolute Gasteiger partial charge is 0.508 e. The minimum Gasteiger partial charge on any atom is -0.508 e.